The highest BCUT2D eigenvalue weighted by Crippen LogP contribution is 2.32. The van der Waals surface area contributed by atoms with Crippen LogP contribution >= 0.6 is 23.2 Å². The van der Waals surface area contributed by atoms with Crippen molar-refractivity contribution in [3.63, 3.8) is 0 Å². The van der Waals surface area contributed by atoms with Crippen molar-refractivity contribution in [2.45, 2.75) is 25.4 Å². The van der Waals surface area contributed by atoms with E-state index in [0.717, 1.165) is 43.1 Å². The Morgan fingerprint density at radius 3 is 2.85 bits per heavy atom. The lowest BCUT2D eigenvalue weighted by Gasteiger charge is -2.32. The largest absolute Gasteiger partial charge is 0.341 e. The molecule has 1 aliphatic rings. The van der Waals surface area contributed by atoms with Crippen molar-refractivity contribution in [2.75, 3.05) is 18.0 Å². The summed E-state index contributed by atoms with van der Waals surface area (Å²) in [4.78, 5) is 11.4. The number of pyridine rings is 1. The molecule has 1 unspecified atom stereocenters. The van der Waals surface area contributed by atoms with Gasteiger partial charge in [-0.05, 0) is 37.1 Å². The van der Waals surface area contributed by atoms with Gasteiger partial charge in [0.05, 0.1) is 28.3 Å². The van der Waals surface area contributed by atoms with Crippen molar-refractivity contribution in [3.8, 4) is 6.07 Å². The van der Waals surface area contributed by atoms with Crippen molar-refractivity contribution < 1.29 is 0 Å². The highest BCUT2D eigenvalue weighted by molar-refractivity contribution is 6.38. The van der Waals surface area contributed by atoms with E-state index in [1.54, 1.807) is 18.3 Å². The van der Waals surface area contributed by atoms with E-state index < -0.39 is 0 Å². The fraction of sp³-hybridized carbons (Fsp3) is 0.316. The van der Waals surface area contributed by atoms with Gasteiger partial charge in [-0.15, -0.1) is 0 Å². The van der Waals surface area contributed by atoms with Gasteiger partial charge in [0.25, 0.3) is 0 Å². The molecule has 0 bridgehead atoms. The number of halogens is 2. The molecule has 1 fully saturated rings. The molecule has 2 aromatic heterocycles. The van der Waals surface area contributed by atoms with Crippen molar-refractivity contribution in [3.05, 3.63) is 51.8 Å². The number of fused-ring (bicyclic) bond motifs is 1. The van der Waals surface area contributed by atoms with Crippen LogP contribution in [0.25, 0.3) is 11.0 Å². The Morgan fingerprint density at radius 2 is 2.15 bits per heavy atom. The topological polar surface area (TPSA) is 83.8 Å². The summed E-state index contributed by atoms with van der Waals surface area (Å²) in [6.45, 7) is 2.14. The van der Waals surface area contributed by atoms with Crippen LogP contribution in [-0.4, -0.2) is 33.7 Å². The first-order valence-corrected chi connectivity index (χ1v) is 9.51. The summed E-state index contributed by atoms with van der Waals surface area (Å²) in [7, 11) is 0. The number of piperidine rings is 1. The van der Waals surface area contributed by atoms with E-state index in [0.29, 0.717) is 27.7 Å². The van der Waals surface area contributed by atoms with Gasteiger partial charge >= 0.3 is 0 Å². The van der Waals surface area contributed by atoms with Crippen molar-refractivity contribution in [1.82, 2.24) is 14.5 Å². The number of nitriles is 1. The third kappa shape index (κ3) is 3.59. The average molecular weight is 401 g/mol. The molecule has 1 aliphatic heterocycles. The van der Waals surface area contributed by atoms with E-state index in [9.17, 15) is 0 Å². The molecule has 2 N–H and O–H groups in total. The van der Waals surface area contributed by atoms with Crippen LogP contribution in [0.2, 0.25) is 10.0 Å². The highest BCUT2D eigenvalue weighted by atomic mass is 35.5. The fourth-order valence-corrected chi connectivity index (χ4v) is 4.00. The molecule has 1 atom stereocenters. The second-order valence-electron chi connectivity index (χ2n) is 6.75. The first-order chi connectivity index (χ1) is 13.0. The molecule has 0 amide bonds. The normalized spacial score (nSPS) is 17.3. The number of aromatic nitrogens is 3. The molecule has 27 heavy (non-hydrogen) atoms. The molecule has 1 saturated heterocycles. The monoisotopic (exact) mass is 400 g/mol. The van der Waals surface area contributed by atoms with E-state index >= 15 is 0 Å². The average Bonchev–Trinajstić information content (AvgIpc) is 3.01. The summed E-state index contributed by atoms with van der Waals surface area (Å²) in [5.41, 5.74) is 9.10. The maximum Gasteiger partial charge on any atom is 0.207 e. The number of nitrogens with two attached hydrogens (primary N) is 1. The maximum atomic E-state index is 8.97. The minimum absolute atomic E-state index is 0.124. The van der Waals surface area contributed by atoms with E-state index in [1.807, 2.05) is 12.1 Å². The third-order valence-electron chi connectivity index (χ3n) is 4.77. The molecule has 3 heterocycles. The minimum atomic E-state index is 0.124. The molecule has 1 aromatic carbocycles. The molecule has 138 valence electrons. The molecule has 6 nitrogen and oxygen atoms in total. The lowest BCUT2D eigenvalue weighted by Crippen LogP contribution is -2.44. The molecular formula is C19H18Cl2N6. The number of nitrogens with zero attached hydrogens (tertiary/aromatic N) is 5. The number of imidazole rings is 1. The van der Waals surface area contributed by atoms with Gasteiger partial charge < -0.3 is 15.2 Å². The van der Waals surface area contributed by atoms with Gasteiger partial charge in [0.1, 0.15) is 11.6 Å². The molecule has 0 saturated carbocycles. The van der Waals surface area contributed by atoms with Gasteiger partial charge in [-0.3, -0.25) is 4.98 Å². The van der Waals surface area contributed by atoms with Crippen molar-refractivity contribution in [2.24, 2.45) is 5.73 Å². The van der Waals surface area contributed by atoms with Gasteiger partial charge in [0.15, 0.2) is 0 Å². The summed E-state index contributed by atoms with van der Waals surface area (Å²) in [6, 6.07) is 9.39. The summed E-state index contributed by atoms with van der Waals surface area (Å²) in [5, 5.41) is 10.1. The van der Waals surface area contributed by atoms with Crippen LogP contribution in [0.4, 0.5) is 5.95 Å². The Labute approximate surface area is 167 Å². The number of hydrogen-bond donors (Lipinski definition) is 1. The smallest absolute Gasteiger partial charge is 0.207 e. The highest BCUT2D eigenvalue weighted by Gasteiger charge is 2.24. The van der Waals surface area contributed by atoms with Crippen LogP contribution < -0.4 is 10.6 Å². The quantitative estimate of drug-likeness (QED) is 0.725. The SMILES string of the molecule is N#Cc1ccc(Cn2c(N3CCCC(N)C3)nc3c(Cl)cc(Cl)cc32)nc1. The zero-order valence-electron chi connectivity index (χ0n) is 14.6. The van der Waals surface area contributed by atoms with Crippen LogP contribution in [-0.2, 0) is 6.54 Å². The molecule has 0 spiro atoms. The molecule has 8 heteroatoms. The van der Waals surface area contributed by atoms with E-state index in [2.05, 4.69) is 20.5 Å². The Hall–Kier alpha value is -2.33. The molecule has 0 radical (unpaired) electrons. The lowest BCUT2D eigenvalue weighted by molar-refractivity contribution is 0.495. The van der Waals surface area contributed by atoms with Gasteiger partial charge in [-0.25, -0.2) is 4.98 Å². The second-order valence-corrected chi connectivity index (χ2v) is 7.60. The van der Waals surface area contributed by atoms with Crippen LogP contribution in [0.1, 0.15) is 24.1 Å². The van der Waals surface area contributed by atoms with Gasteiger partial charge in [0.2, 0.25) is 5.95 Å². The minimum Gasteiger partial charge on any atom is -0.341 e. The Balaban J connectivity index is 1.82. The van der Waals surface area contributed by atoms with Crippen LogP contribution in [0, 0.1) is 11.3 Å². The Bertz CT molecular complexity index is 1020. The molecular weight excluding hydrogens is 383 g/mol. The van der Waals surface area contributed by atoms with Crippen molar-refractivity contribution >= 4 is 40.2 Å². The third-order valence-corrected chi connectivity index (χ3v) is 5.27. The lowest BCUT2D eigenvalue weighted by atomic mass is 10.1. The van der Waals surface area contributed by atoms with Gasteiger partial charge in [-0.1, -0.05) is 23.2 Å². The summed E-state index contributed by atoms with van der Waals surface area (Å²) < 4.78 is 2.07. The zero-order valence-corrected chi connectivity index (χ0v) is 16.1. The molecule has 3 aromatic rings. The fourth-order valence-electron chi connectivity index (χ4n) is 3.47. The Morgan fingerprint density at radius 1 is 1.30 bits per heavy atom. The first kappa shape index (κ1) is 18.1. The van der Waals surface area contributed by atoms with Gasteiger partial charge in [0, 0.05) is 30.4 Å². The number of hydrogen-bond acceptors (Lipinski definition) is 5. The molecule has 4 rings (SSSR count). The zero-order chi connectivity index (χ0) is 19.0. The predicted octanol–water partition coefficient (Wildman–Crippen LogP) is 3.59. The number of benzene rings is 1. The summed E-state index contributed by atoms with van der Waals surface area (Å²) >= 11 is 12.6. The van der Waals surface area contributed by atoms with E-state index in [4.69, 9.17) is 39.2 Å². The first-order valence-electron chi connectivity index (χ1n) is 8.76. The van der Waals surface area contributed by atoms with Crippen LogP contribution in [0.3, 0.4) is 0 Å². The van der Waals surface area contributed by atoms with Gasteiger partial charge in [-0.2, -0.15) is 5.26 Å². The molecule has 0 aliphatic carbocycles. The van der Waals surface area contributed by atoms with Crippen molar-refractivity contribution in [1.29, 1.82) is 5.26 Å². The number of anilines is 1. The number of rotatable bonds is 3. The maximum absolute atomic E-state index is 8.97. The van der Waals surface area contributed by atoms with E-state index in [-0.39, 0.29) is 6.04 Å². The van der Waals surface area contributed by atoms with Crippen LogP contribution in [0.5, 0.6) is 0 Å². The Kier molecular flexibility index (Phi) is 4.92. The summed E-state index contributed by atoms with van der Waals surface area (Å²) in [5.74, 6) is 0.815. The summed E-state index contributed by atoms with van der Waals surface area (Å²) in [6.07, 6.45) is 3.61. The van der Waals surface area contributed by atoms with Crippen LogP contribution in [0.15, 0.2) is 30.5 Å². The predicted molar refractivity (Wildman–Crippen MR) is 107 cm³/mol. The van der Waals surface area contributed by atoms with E-state index in [1.165, 1.54) is 0 Å². The second kappa shape index (κ2) is 7.35. The standard InChI is InChI=1S/C19H18Cl2N6/c20-13-6-16(21)18-17(7-13)27(11-15-4-3-12(8-22)9-24-15)19(25-18)26-5-1-2-14(23)10-26/h3-4,6-7,9,14H,1-2,5,10-11,23H2.